The third kappa shape index (κ3) is 1.81. The van der Waals surface area contributed by atoms with Gasteiger partial charge in [-0.15, -0.1) is 0 Å². The van der Waals surface area contributed by atoms with Crippen LogP contribution < -0.4 is 10.2 Å². The van der Waals surface area contributed by atoms with Crippen LogP contribution in [0, 0.1) is 9.39 Å². The Labute approximate surface area is 98.6 Å². The Kier molecular flexibility index (Phi) is 2.59. The molecule has 1 aliphatic rings. The highest BCUT2D eigenvalue weighted by atomic mass is 127. The van der Waals surface area contributed by atoms with Crippen LogP contribution in [-0.2, 0) is 4.79 Å². The number of rotatable bonds is 1. The first-order chi connectivity index (χ1) is 7.09. The van der Waals surface area contributed by atoms with Crippen molar-refractivity contribution in [3.8, 4) is 0 Å². The third-order valence-corrected chi connectivity index (χ3v) is 2.86. The zero-order valence-electron chi connectivity index (χ0n) is 7.46. The van der Waals surface area contributed by atoms with Gasteiger partial charge in [0.25, 0.3) is 5.91 Å². The van der Waals surface area contributed by atoms with E-state index < -0.39 is 11.8 Å². The maximum Gasteiger partial charge on any atom is 0.329 e. The van der Waals surface area contributed by atoms with Crippen LogP contribution in [-0.4, -0.2) is 18.5 Å². The SMILES string of the molecule is O=C1CNC(=O)N1c1ccc(F)cc1I. The molecule has 0 unspecified atom stereocenters. The van der Waals surface area contributed by atoms with E-state index in [-0.39, 0.29) is 12.5 Å². The van der Waals surface area contributed by atoms with E-state index in [9.17, 15) is 14.0 Å². The normalized spacial score (nSPS) is 15.7. The van der Waals surface area contributed by atoms with Gasteiger partial charge in [-0.3, -0.25) is 4.79 Å². The smallest absolute Gasteiger partial charge is 0.328 e. The summed E-state index contributed by atoms with van der Waals surface area (Å²) in [5.74, 6) is -0.722. The summed E-state index contributed by atoms with van der Waals surface area (Å²) in [5.41, 5.74) is 0.414. The maximum absolute atomic E-state index is 12.8. The molecule has 6 heteroatoms. The quantitative estimate of drug-likeness (QED) is 0.630. The number of anilines is 1. The molecule has 0 aliphatic carbocycles. The molecule has 2 rings (SSSR count). The summed E-state index contributed by atoms with van der Waals surface area (Å²) in [6, 6.07) is 3.44. The maximum atomic E-state index is 12.8. The van der Waals surface area contributed by atoms with E-state index in [0.717, 1.165) is 4.90 Å². The van der Waals surface area contributed by atoms with Crippen LogP contribution in [0.15, 0.2) is 18.2 Å². The Morgan fingerprint density at radius 2 is 2.13 bits per heavy atom. The highest BCUT2D eigenvalue weighted by Gasteiger charge is 2.31. The monoisotopic (exact) mass is 320 g/mol. The number of carbonyl (C=O) groups is 2. The van der Waals surface area contributed by atoms with Crippen LogP contribution in [0.3, 0.4) is 0 Å². The predicted molar refractivity (Wildman–Crippen MR) is 60.0 cm³/mol. The van der Waals surface area contributed by atoms with Gasteiger partial charge in [0.05, 0.1) is 12.2 Å². The van der Waals surface area contributed by atoms with Gasteiger partial charge >= 0.3 is 6.03 Å². The predicted octanol–water partition coefficient (Wildman–Crippen LogP) is 1.49. The molecular weight excluding hydrogens is 314 g/mol. The fourth-order valence-electron chi connectivity index (χ4n) is 1.33. The van der Waals surface area contributed by atoms with E-state index in [2.05, 4.69) is 5.32 Å². The van der Waals surface area contributed by atoms with Crippen LogP contribution in [0.5, 0.6) is 0 Å². The van der Waals surface area contributed by atoms with Crippen LogP contribution in [0.1, 0.15) is 0 Å². The van der Waals surface area contributed by atoms with Gasteiger partial charge in [-0.25, -0.2) is 14.1 Å². The second kappa shape index (κ2) is 3.76. The molecule has 4 nitrogen and oxygen atoms in total. The molecule has 0 bridgehead atoms. The number of hydrogen-bond donors (Lipinski definition) is 1. The molecule has 1 fully saturated rings. The van der Waals surface area contributed by atoms with E-state index in [1.807, 2.05) is 22.6 Å². The van der Waals surface area contributed by atoms with Crippen molar-refractivity contribution < 1.29 is 14.0 Å². The zero-order chi connectivity index (χ0) is 11.0. The van der Waals surface area contributed by atoms with Crippen LogP contribution in [0.25, 0.3) is 0 Å². The summed E-state index contributed by atoms with van der Waals surface area (Å²) in [7, 11) is 0. The number of amides is 3. The van der Waals surface area contributed by atoms with Crippen LogP contribution in [0.4, 0.5) is 14.9 Å². The van der Waals surface area contributed by atoms with Crippen molar-refractivity contribution >= 4 is 40.2 Å². The molecule has 1 N–H and O–H groups in total. The van der Waals surface area contributed by atoms with Gasteiger partial charge in [0, 0.05) is 3.57 Å². The minimum Gasteiger partial charge on any atom is -0.328 e. The molecule has 1 heterocycles. The lowest BCUT2D eigenvalue weighted by molar-refractivity contribution is -0.115. The summed E-state index contributed by atoms with van der Waals surface area (Å²) < 4.78 is 13.3. The summed E-state index contributed by atoms with van der Waals surface area (Å²) >= 11 is 1.88. The van der Waals surface area contributed by atoms with Gasteiger partial charge in [-0.1, -0.05) is 0 Å². The lowest BCUT2D eigenvalue weighted by Gasteiger charge is -2.13. The molecule has 3 amide bonds. The molecule has 1 aliphatic heterocycles. The molecule has 0 aromatic heterocycles. The lowest BCUT2D eigenvalue weighted by Crippen LogP contribution is -2.31. The Morgan fingerprint density at radius 1 is 1.40 bits per heavy atom. The second-order valence-electron chi connectivity index (χ2n) is 2.98. The number of nitrogens with zero attached hydrogens (tertiary/aromatic N) is 1. The topological polar surface area (TPSA) is 49.4 Å². The van der Waals surface area contributed by atoms with Gasteiger partial charge in [0.2, 0.25) is 0 Å². The Morgan fingerprint density at radius 3 is 2.67 bits per heavy atom. The first-order valence-electron chi connectivity index (χ1n) is 4.15. The largest absolute Gasteiger partial charge is 0.329 e. The lowest BCUT2D eigenvalue weighted by atomic mass is 10.3. The van der Waals surface area contributed by atoms with Crippen molar-refractivity contribution in [1.29, 1.82) is 0 Å². The van der Waals surface area contributed by atoms with E-state index in [1.54, 1.807) is 0 Å². The molecule has 1 aromatic rings. The molecule has 0 radical (unpaired) electrons. The number of urea groups is 1. The second-order valence-corrected chi connectivity index (χ2v) is 4.15. The van der Waals surface area contributed by atoms with E-state index in [1.165, 1.54) is 18.2 Å². The average Bonchev–Trinajstić information content (AvgIpc) is 2.48. The summed E-state index contributed by atoms with van der Waals surface area (Å²) in [6.45, 7) is -0.00765. The van der Waals surface area contributed by atoms with E-state index in [4.69, 9.17) is 0 Å². The van der Waals surface area contributed by atoms with E-state index >= 15 is 0 Å². The number of imide groups is 1. The van der Waals surface area contributed by atoms with Gasteiger partial charge < -0.3 is 5.32 Å². The van der Waals surface area contributed by atoms with Gasteiger partial charge in [-0.05, 0) is 40.8 Å². The molecular formula is C9H6FIN2O2. The minimum absolute atomic E-state index is 0.00765. The Bertz CT molecular complexity index is 434. The third-order valence-electron chi connectivity index (χ3n) is 1.99. The summed E-state index contributed by atoms with van der Waals surface area (Å²) in [6.07, 6.45) is 0. The molecule has 0 saturated carbocycles. The van der Waals surface area contributed by atoms with Crippen LogP contribution in [0.2, 0.25) is 0 Å². The average molecular weight is 320 g/mol. The minimum atomic E-state index is -0.468. The number of benzene rings is 1. The summed E-state index contributed by atoms with van der Waals surface area (Å²) in [5, 5.41) is 2.40. The van der Waals surface area contributed by atoms with Crippen LogP contribution >= 0.6 is 22.6 Å². The molecule has 15 heavy (non-hydrogen) atoms. The van der Waals surface area contributed by atoms with Crippen molar-refractivity contribution in [3.63, 3.8) is 0 Å². The van der Waals surface area contributed by atoms with E-state index in [0.29, 0.717) is 9.26 Å². The molecule has 0 atom stereocenters. The first-order valence-corrected chi connectivity index (χ1v) is 5.23. The highest BCUT2D eigenvalue weighted by molar-refractivity contribution is 14.1. The Balaban J connectivity index is 2.45. The number of halogens is 2. The zero-order valence-corrected chi connectivity index (χ0v) is 9.62. The molecule has 1 aromatic carbocycles. The summed E-state index contributed by atoms with van der Waals surface area (Å²) in [4.78, 5) is 23.7. The number of hydrogen-bond acceptors (Lipinski definition) is 2. The van der Waals surface area contributed by atoms with Gasteiger partial charge in [-0.2, -0.15) is 0 Å². The van der Waals surface area contributed by atoms with Crippen molar-refractivity contribution in [2.45, 2.75) is 0 Å². The highest BCUT2D eigenvalue weighted by Crippen LogP contribution is 2.24. The van der Waals surface area contributed by atoms with Gasteiger partial charge in [0.1, 0.15) is 5.82 Å². The fourth-order valence-corrected chi connectivity index (χ4v) is 2.05. The molecule has 78 valence electrons. The first kappa shape index (κ1) is 10.3. The Hall–Kier alpha value is -1.18. The molecule has 1 saturated heterocycles. The fraction of sp³-hybridized carbons (Fsp3) is 0.111. The number of carbonyl (C=O) groups excluding carboxylic acids is 2. The van der Waals surface area contributed by atoms with Crippen molar-refractivity contribution in [2.75, 3.05) is 11.4 Å². The van der Waals surface area contributed by atoms with Crippen molar-refractivity contribution in [2.24, 2.45) is 0 Å². The van der Waals surface area contributed by atoms with Crippen molar-refractivity contribution in [1.82, 2.24) is 5.32 Å². The van der Waals surface area contributed by atoms with Gasteiger partial charge in [0.15, 0.2) is 0 Å². The molecule has 0 spiro atoms. The number of nitrogens with one attached hydrogen (secondary N) is 1. The standard InChI is InChI=1S/C9H6FIN2O2/c10-5-1-2-7(6(11)3-5)13-8(14)4-12-9(13)15/h1-3H,4H2,(H,12,15). The van der Waals surface area contributed by atoms with Crippen molar-refractivity contribution in [3.05, 3.63) is 27.6 Å².